The minimum Gasteiger partial charge on any atom is -0.480 e. The van der Waals surface area contributed by atoms with Crippen molar-refractivity contribution < 1.29 is 14.7 Å². The molecular formula is C11H15N3O3. The van der Waals surface area contributed by atoms with Gasteiger partial charge < -0.3 is 10.0 Å². The summed E-state index contributed by atoms with van der Waals surface area (Å²) in [6, 6.07) is 1.52. The van der Waals surface area contributed by atoms with Crippen LogP contribution < -0.4 is 0 Å². The molecule has 0 aliphatic carbocycles. The van der Waals surface area contributed by atoms with E-state index in [-0.39, 0.29) is 18.4 Å². The molecule has 0 unspecified atom stereocenters. The summed E-state index contributed by atoms with van der Waals surface area (Å²) in [6.45, 7) is 3.94. The van der Waals surface area contributed by atoms with Crippen molar-refractivity contribution in [3.8, 4) is 0 Å². The molecule has 0 saturated heterocycles. The van der Waals surface area contributed by atoms with Crippen molar-refractivity contribution >= 4 is 11.9 Å². The lowest BCUT2D eigenvalue weighted by atomic mass is 10.2. The van der Waals surface area contributed by atoms with Gasteiger partial charge in [-0.15, -0.1) is 0 Å². The third-order valence-electron chi connectivity index (χ3n) is 2.03. The second kappa shape index (κ2) is 5.93. The van der Waals surface area contributed by atoms with Gasteiger partial charge in [0.05, 0.1) is 18.0 Å². The van der Waals surface area contributed by atoms with Crippen molar-refractivity contribution in [1.82, 2.24) is 15.1 Å². The number of rotatable bonds is 5. The number of nitrogens with zero attached hydrogens (tertiary/aromatic N) is 3. The zero-order valence-corrected chi connectivity index (χ0v) is 9.83. The summed E-state index contributed by atoms with van der Waals surface area (Å²) in [5, 5.41) is 15.9. The van der Waals surface area contributed by atoms with Crippen LogP contribution in [0, 0.1) is 5.92 Å². The normalized spacial score (nSPS) is 10.3. The molecule has 0 fully saturated rings. The van der Waals surface area contributed by atoms with E-state index in [1.165, 1.54) is 23.4 Å². The molecule has 6 heteroatoms. The molecule has 0 aliphatic heterocycles. The van der Waals surface area contributed by atoms with Crippen LogP contribution in [-0.4, -0.2) is 45.2 Å². The SMILES string of the molecule is CC(C)CN(CC(=O)O)C(=O)c1ccnnc1. The average Bonchev–Trinajstić information content (AvgIpc) is 2.27. The fourth-order valence-electron chi connectivity index (χ4n) is 1.42. The summed E-state index contributed by atoms with van der Waals surface area (Å²) in [6.07, 6.45) is 2.74. The maximum atomic E-state index is 12.0. The second-order valence-corrected chi connectivity index (χ2v) is 4.10. The maximum absolute atomic E-state index is 12.0. The molecule has 0 aromatic carbocycles. The molecule has 0 atom stereocenters. The van der Waals surface area contributed by atoms with Gasteiger partial charge in [-0.3, -0.25) is 9.59 Å². The van der Waals surface area contributed by atoms with E-state index in [9.17, 15) is 9.59 Å². The lowest BCUT2D eigenvalue weighted by Gasteiger charge is -2.22. The number of hydrogen-bond acceptors (Lipinski definition) is 4. The molecule has 0 saturated carbocycles. The van der Waals surface area contributed by atoms with Crippen molar-refractivity contribution in [2.75, 3.05) is 13.1 Å². The predicted octanol–water partition coefficient (Wildman–Crippen LogP) is 0.659. The van der Waals surface area contributed by atoms with Gasteiger partial charge in [-0.1, -0.05) is 13.8 Å². The van der Waals surface area contributed by atoms with Gasteiger partial charge in [0.25, 0.3) is 5.91 Å². The fourth-order valence-corrected chi connectivity index (χ4v) is 1.42. The average molecular weight is 237 g/mol. The van der Waals surface area contributed by atoms with Crippen LogP contribution in [0.15, 0.2) is 18.5 Å². The minimum absolute atomic E-state index is 0.202. The Hall–Kier alpha value is -1.98. The van der Waals surface area contributed by atoms with Crippen molar-refractivity contribution in [2.24, 2.45) is 5.92 Å². The molecule has 1 rings (SSSR count). The molecule has 1 N–H and O–H groups in total. The van der Waals surface area contributed by atoms with Crippen LogP contribution in [0.2, 0.25) is 0 Å². The first-order valence-electron chi connectivity index (χ1n) is 5.28. The molecule has 0 aliphatic rings. The molecule has 92 valence electrons. The largest absolute Gasteiger partial charge is 0.480 e. The van der Waals surface area contributed by atoms with Crippen LogP contribution in [-0.2, 0) is 4.79 Å². The first-order chi connectivity index (χ1) is 8.00. The van der Waals surface area contributed by atoms with Gasteiger partial charge in [0, 0.05) is 6.54 Å². The number of hydrogen-bond donors (Lipinski definition) is 1. The zero-order valence-electron chi connectivity index (χ0n) is 9.83. The Kier molecular flexibility index (Phi) is 4.56. The smallest absolute Gasteiger partial charge is 0.323 e. The number of aliphatic carboxylic acids is 1. The Balaban J connectivity index is 2.82. The van der Waals surface area contributed by atoms with E-state index in [1.54, 1.807) is 0 Å². The molecule has 1 heterocycles. The van der Waals surface area contributed by atoms with Crippen LogP contribution >= 0.6 is 0 Å². The Morgan fingerprint density at radius 1 is 1.41 bits per heavy atom. The summed E-state index contributed by atoms with van der Waals surface area (Å²) in [5.41, 5.74) is 0.349. The van der Waals surface area contributed by atoms with Gasteiger partial charge in [0.2, 0.25) is 0 Å². The van der Waals surface area contributed by atoms with Gasteiger partial charge in [-0.2, -0.15) is 10.2 Å². The molecule has 17 heavy (non-hydrogen) atoms. The van der Waals surface area contributed by atoms with Gasteiger partial charge in [-0.05, 0) is 12.0 Å². The summed E-state index contributed by atoms with van der Waals surface area (Å²) in [4.78, 5) is 24.0. The third-order valence-corrected chi connectivity index (χ3v) is 2.03. The van der Waals surface area contributed by atoms with Crippen molar-refractivity contribution in [3.63, 3.8) is 0 Å². The van der Waals surface area contributed by atoms with E-state index >= 15 is 0 Å². The van der Waals surface area contributed by atoms with E-state index in [0.717, 1.165) is 0 Å². The van der Waals surface area contributed by atoms with E-state index in [4.69, 9.17) is 5.11 Å². The monoisotopic (exact) mass is 237 g/mol. The zero-order chi connectivity index (χ0) is 12.8. The molecule has 1 aromatic heterocycles. The van der Waals surface area contributed by atoms with Gasteiger partial charge >= 0.3 is 5.97 Å². The first-order valence-corrected chi connectivity index (χ1v) is 5.28. The lowest BCUT2D eigenvalue weighted by molar-refractivity contribution is -0.137. The van der Waals surface area contributed by atoms with Gasteiger partial charge in [0.1, 0.15) is 6.54 Å². The molecule has 1 amide bonds. The Morgan fingerprint density at radius 3 is 2.59 bits per heavy atom. The predicted molar refractivity (Wildman–Crippen MR) is 60.4 cm³/mol. The number of carbonyl (C=O) groups is 2. The Labute approximate surface area is 99.3 Å². The molecule has 0 spiro atoms. The summed E-state index contributed by atoms with van der Waals surface area (Å²) >= 11 is 0. The third kappa shape index (κ3) is 4.18. The Bertz CT molecular complexity index is 392. The van der Waals surface area contributed by atoms with Crippen LogP contribution in [0.5, 0.6) is 0 Å². The second-order valence-electron chi connectivity index (χ2n) is 4.10. The number of aromatic nitrogens is 2. The van der Waals surface area contributed by atoms with Gasteiger partial charge in [0.15, 0.2) is 0 Å². The molecular weight excluding hydrogens is 222 g/mol. The summed E-state index contributed by atoms with van der Waals surface area (Å²) in [7, 11) is 0. The van der Waals surface area contributed by atoms with Crippen molar-refractivity contribution in [1.29, 1.82) is 0 Å². The van der Waals surface area contributed by atoms with Gasteiger partial charge in [-0.25, -0.2) is 0 Å². The van der Waals surface area contributed by atoms with Crippen LogP contribution in [0.4, 0.5) is 0 Å². The van der Waals surface area contributed by atoms with E-state index in [0.29, 0.717) is 12.1 Å². The minimum atomic E-state index is -1.03. The van der Waals surface area contributed by atoms with Crippen LogP contribution in [0.25, 0.3) is 0 Å². The van der Waals surface area contributed by atoms with E-state index < -0.39 is 5.97 Å². The fraction of sp³-hybridized carbons (Fsp3) is 0.455. The highest BCUT2D eigenvalue weighted by atomic mass is 16.4. The summed E-state index contributed by atoms with van der Waals surface area (Å²) < 4.78 is 0. The molecule has 1 aromatic rings. The van der Waals surface area contributed by atoms with E-state index in [1.807, 2.05) is 13.8 Å². The highest BCUT2D eigenvalue weighted by Gasteiger charge is 2.19. The topological polar surface area (TPSA) is 83.4 Å². The Morgan fingerprint density at radius 2 is 2.12 bits per heavy atom. The highest BCUT2D eigenvalue weighted by molar-refractivity contribution is 5.95. The number of amides is 1. The quantitative estimate of drug-likeness (QED) is 0.813. The molecule has 0 bridgehead atoms. The van der Waals surface area contributed by atoms with Crippen LogP contribution in [0.3, 0.4) is 0 Å². The van der Waals surface area contributed by atoms with Crippen molar-refractivity contribution in [2.45, 2.75) is 13.8 Å². The molecule has 6 nitrogen and oxygen atoms in total. The maximum Gasteiger partial charge on any atom is 0.323 e. The first kappa shape index (κ1) is 13.1. The van der Waals surface area contributed by atoms with Crippen molar-refractivity contribution in [3.05, 3.63) is 24.0 Å². The number of carboxylic acids is 1. The molecule has 0 radical (unpaired) electrons. The number of carboxylic acid groups (broad SMARTS) is 1. The lowest BCUT2D eigenvalue weighted by Crippen LogP contribution is -2.38. The summed E-state index contributed by atoms with van der Waals surface area (Å²) in [5.74, 6) is -1.16. The standard InChI is InChI=1S/C11H15N3O3/c1-8(2)6-14(7-10(15)16)11(17)9-3-4-12-13-5-9/h3-5,8H,6-7H2,1-2H3,(H,15,16). The van der Waals surface area contributed by atoms with E-state index in [2.05, 4.69) is 10.2 Å². The van der Waals surface area contributed by atoms with Crippen LogP contribution in [0.1, 0.15) is 24.2 Å². The number of carbonyl (C=O) groups excluding carboxylic acids is 1. The highest BCUT2D eigenvalue weighted by Crippen LogP contribution is 2.05.